The standard InChI is InChI=1S/C8H10N2O/c11-10-6-2-4-7-3-1-5-9-8(7)10/h1,3,5,11H,2,4,6H2. The zero-order valence-electron chi connectivity index (χ0n) is 6.20. The second kappa shape index (κ2) is 2.51. The molecular weight excluding hydrogens is 140 g/mol. The van der Waals surface area contributed by atoms with Crippen molar-refractivity contribution in [3.63, 3.8) is 0 Å². The van der Waals surface area contributed by atoms with Gasteiger partial charge in [-0.15, -0.1) is 0 Å². The summed E-state index contributed by atoms with van der Waals surface area (Å²) in [6.45, 7) is 0.698. The van der Waals surface area contributed by atoms with Gasteiger partial charge < -0.3 is 0 Å². The fraction of sp³-hybridized carbons (Fsp3) is 0.375. The smallest absolute Gasteiger partial charge is 0.155 e. The first-order valence-corrected chi connectivity index (χ1v) is 3.78. The lowest BCUT2D eigenvalue weighted by atomic mass is 10.1. The van der Waals surface area contributed by atoms with Gasteiger partial charge in [-0.2, -0.15) is 0 Å². The number of aromatic nitrogens is 1. The van der Waals surface area contributed by atoms with Crippen molar-refractivity contribution in [2.45, 2.75) is 12.8 Å². The van der Waals surface area contributed by atoms with Crippen LogP contribution in [0.4, 0.5) is 5.82 Å². The highest BCUT2D eigenvalue weighted by Crippen LogP contribution is 2.21. The Morgan fingerprint density at radius 3 is 3.27 bits per heavy atom. The first-order chi connectivity index (χ1) is 5.38. The zero-order valence-corrected chi connectivity index (χ0v) is 6.20. The molecule has 0 amide bonds. The molecule has 1 aliphatic heterocycles. The van der Waals surface area contributed by atoms with E-state index in [-0.39, 0.29) is 0 Å². The monoisotopic (exact) mass is 150 g/mol. The van der Waals surface area contributed by atoms with E-state index < -0.39 is 0 Å². The van der Waals surface area contributed by atoms with Crippen molar-refractivity contribution < 1.29 is 5.21 Å². The molecule has 2 heterocycles. The fourth-order valence-electron chi connectivity index (χ4n) is 1.38. The number of anilines is 1. The van der Waals surface area contributed by atoms with Crippen LogP contribution in [0.2, 0.25) is 0 Å². The first-order valence-electron chi connectivity index (χ1n) is 3.78. The number of nitrogens with zero attached hydrogens (tertiary/aromatic N) is 2. The van der Waals surface area contributed by atoms with E-state index in [1.807, 2.05) is 12.1 Å². The van der Waals surface area contributed by atoms with Crippen LogP contribution in [0.25, 0.3) is 0 Å². The van der Waals surface area contributed by atoms with Crippen LogP contribution >= 0.6 is 0 Å². The molecule has 1 aromatic heterocycles. The normalized spacial score (nSPS) is 16.3. The SMILES string of the molecule is ON1CCCc2cccnc21. The van der Waals surface area contributed by atoms with E-state index in [1.54, 1.807) is 6.20 Å². The maximum atomic E-state index is 9.33. The van der Waals surface area contributed by atoms with Crippen molar-refractivity contribution in [1.82, 2.24) is 4.98 Å². The Hall–Kier alpha value is -1.09. The summed E-state index contributed by atoms with van der Waals surface area (Å²) in [6.07, 6.45) is 3.74. The molecule has 0 saturated heterocycles. The Morgan fingerprint density at radius 2 is 2.45 bits per heavy atom. The lowest BCUT2D eigenvalue weighted by Crippen LogP contribution is -2.26. The van der Waals surface area contributed by atoms with E-state index in [9.17, 15) is 5.21 Å². The van der Waals surface area contributed by atoms with Gasteiger partial charge in [0.15, 0.2) is 5.82 Å². The van der Waals surface area contributed by atoms with Crippen LogP contribution in [0.3, 0.4) is 0 Å². The minimum absolute atomic E-state index is 0.698. The van der Waals surface area contributed by atoms with Crippen LogP contribution < -0.4 is 5.06 Å². The Balaban J connectivity index is 2.44. The van der Waals surface area contributed by atoms with Crippen LogP contribution in [-0.4, -0.2) is 16.7 Å². The third-order valence-corrected chi connectivity index (χ3v) is 1.93. The fourth-order valence-corrected chi connectivity index (χ4v) is 1.38. The maximum Gasteiger partial charge on any atom is 0.155 e. The van der Waals surface area contributed by atoms with Gasteiger partial charge in [-0.3, -0.25) is 5.21 Å². The Labute approximate surface area is 65.2 Å². The van der Waals surface area contributed by atoms with Crippen LogP contribution in [0.1, 0.15) is 12.0 Å². The predicted octanol–water partition coefficient (Wildman–Crippen LogP) is 1.22. The Morgan fingerprint density at radius 1 is 1.55 bits per heavy atom. The number of hydroxylamine groups is 1. The number of hydrogen-bond acceptors (Lipinski definition) is 3. The lowest BCUT2D eigenvalue weighted by molar-refractivity contribution is 0.242. The predicted molar refractivity (Wildman–Crippen MR) is 41.7 cm³/mol. The van der Waals surface area contributed by atoms with E-state index in [0.717, 1.165) is 24.2 Å². The molecule has 0 aromatic carbocycles. The van der Waals surface area contributed by atoms with Crippen molar-refractivity contribution in [3.05, 3.63) is 23.9 Å². The van der Waals surface area contributed by atoms with E-state index in [2.05, 4.69) is 4.98 Å². The molecule has 3 nitrogen and oxygen atoms in total. The minimum atomic E-state index is 0.698. The summed E-state index contributed by atoms with van der Waals surface area (Å²) in [6, 6.07) is 3.91. The molecule has 1 aliphatic rings. The number of fused-ring (bicyclic) bond motifs is 1. The van der Waals surface area contributed by atoms with Crippen molar-refractivity contribution in [2.24, 2.45) is 0 Å². The van der Waals surface area contributed by atoms with Crippen LogP contribution in [-0.2, 0) is 6.42 Å². The summed E-state index contributed by atoms with van der Waals surface area (Å²) in [7, 11) is 0. The maximum absolute atomic E-state index is 9.33. The first kappa shape index (κ1) is 6.61. The molecule has 1 N–H and O–H groups in total. The number of pyridine rings is 1. The van der Waals surface area contributed by atoms with Gasteiger partial charge >= 0.3 is 0 Å². The minimum Gasteiger partial charge on any atom is -0.287 e. The topological polar surface area (TPSA) is 36.4 Å². The average molecular weight is 150 g/mol. The van der Waals surface area contributed by atoms with E-state index in [1.165, 1.54) is 5.06 Å². The Kier molecular flexibility index (Phi) is 1.51. The van der Waals surface area contributed by atoms with Gasteiger partial charge in [0.25, 0.3) is 0 Å². The molecule has 0 bridgehead atoms. The van der Waals surface area contributed by atoms with Gasteiger partial charge in [0.1, 0.15) is 0 Å². The van der Waals surface area contributed by atoms with Gasteiger partial charge in [0.2, 0.25) is 0 Å². The average Bonchev–Trinajstić information content (AvgIpc) is 2.06. The molecule has 0 atom stereocenters. The molecule has 0 saturated carbocycles. The molecule has 0 radical (unpaired) electrons. The lowest BCUT2D eigenvalue weighted by Gasteiger charge is -2.23. The molecule has 0 aliphatic carbocycles. The summed E-state index contributed by atoms with van der Waals surface area (Å²) in [5.41, 5.74) is 1.14. The molecule has 0 fully saturated rings. The number of hydrogen-bond donors (Lipinski definition) is 1. The molecular formula is C8H10N2O. The van der Waals surface area contributed by atoms with Crippen LogP contribution in [0.15, 0.2) is 18.3 Å². The second-order valence-corrected chi connectivity index (χ2v) is 2.71. The van der Waals surface area contributed by atoms with Gasteiger partial charge in [-0.05, 0) is 24.5 Å². The Bertz CT molecular complexity index is 262. The van der Waals surface area contributed by atoms with Crippen LogP contribution in [0, 0.1) is 0 Å². The number of aryl methyl sites for hydroxylation is 1. The highest BCUT2D eigenvalue weighted by molar-refractivity contribution is 5.45. The second-order valence-electron chi connectivity index (χ2n) is 2.71. The van der Waals surface area contributed by atoms with Crippen molar-refractivity contribution in [1.29, 1.82) is 0 Å². The van der Waals surface area contributed by atoms with Gasteiger partial charge in [-0.25, -0.2) is 10.0 Å². The molecule has 11 heavy (non-hydrogen) atoms. The highest BCUT2D eigenvalue weighted by Gasteiger charge is 2.14. The molecule has 0 spiro atoms. The third-order valence-electron chi connectivity index (χ3n) is 1.93. The van der Waals surface area contributed by atoms with Crippen molar-refractivity contribution >= 4 is 5.82 Å². The van der Waals surface area contributed by atoms with E-state index in [0.29, 0.717) is 6.54 Å². The third kappa shape index (κ3) is 1.07. The highest BCUT2D eigenvalue weighted by atomic mass is 16.5. The summed E-state index contributed by atoms with van der Waals surface area (Å²) in [4.78, 5) is 4.08. The summed E-state index contributed by atoms with van der Waals surface area (Å²) < 4.78 is 0. The van der Waals surface area contributed by atoms with Crippen molar-refractivity contribution in [3.8, 4) is 0 Å². The zero-order chi connectivity index (χ0) is 7.68. The van der Waals surface area contributed by atoms with Gasteiger partial charge in [0, 0.05) is 12.7 Å². The molecule has 0 unspecified atom stereocenters. The largest absolute Gasteiger partial charge is 0.287 e. The summed E-state index contributed by atoms with van der Waals surface area (Å²) >= 11 is 0. The molecule has 3 heteroatoms. The molecule has 58 valence electrons. The molecule has 1 aromatic rings. The van der Waals surface area contributed by atoms with Gasteiger partial charge in [0.05, 0.1) is 0 Å². The van der Waals surface area contributed by atoms with Gasteiger partial charge in [-0.1, -0.05) is 6.07 Å². The van der Waals surface area contributed by atoms with E-state index >= 15 is 0 Å². The van der Waals surface area contributed by atoms with Crippen LogP contribution in [0.5, 0.6) is 0 Å². The molecule has 2 rings (SSSR count). The quantitative estimate of drug-likeness (QED) is 0.604. The summed E-state index contributed by atoms with van der Waals surface area (Å²) in [5, 5.41) is 10.6. The number of rotatable bonds is 0. The van der Waals surface area contributed by atoms with Crippen molar-refractivity contribution in [2.75, 3.05) is 11.6 Å². The summed E-state index contributed by atoms with van der Waals surface area (Å²) in [5.74, 6) is 0.721. The van der Waals surface area contributed by atoms with E-state index in [4.69, 9.17) is 0 Å².